The van der Waals surface area contributed by atoms with Gasteiger partial charge in [-0.05, 0) is 30.7 Å². The molecule has 102 valence electrons. The quantitative estimate of drug-likeness (QED) is 0.811. The number of nitrogens with one attached hydrogen (secondary N) is 1. The van der Waals surface area contributed by atoms with Crippen LogP contribution < -0.4 is 5.32 Å². The van der Waals surface area contributed by atoms with Gasteiger partial charge in [-0.25, -0.2) is 0 Å². The van der Waals surface area contributed by atoms with E-state index in [0.717, 1.165) is 28.9 Å². The molecular formula is C14H18BrN3S. The highest BCUT2D eigenvalue weighted by molar-refractivity contribution is 9.10. The molecule has 0 radical (unpaired) electrons. The van der Waals surface area contributed by atoms with Crippen LogP contribution in [0.25, 0.3) is 0 Å². The lowest BCUT2D eigenvalue weighted by Gasteiger charge is -2.10. The minimum Gasteiger partial charge on any atom is -0.313 e. The molecule has 1 N–H and O–H groups in total. The van der Waals surface area contributed by atoms with Crippen LogP contribution in [0.2, 0.25) is 0 Å². The van der Waals surface area contributed by atoms with Gasteiger partial charge in [0.15, 0.2) is 0 Å². The lowest BCUT2D eigenvalue weighted by Crippen LogP contribution is -2.14. The molecule has 1 heterocycles. The summed E-state index contributed by atoms with van der Waals surface area (Å²) in [5.41, 5.74) is 1.32. The number of halogens is 1. The zero-order valence-corrected chi connectivity index (χ0v) is 13.6. The maximum absolute atomic E-state index is 4.21. The Balaban J connectivity index is 2.14. The van der Waals surface area contributed by atoms with Crippen molar-refractivity contribution in [2.75, 3.05) is 6.54 Å². The molecular weight excluding hydrogens is 322 g/mol. The number of benzene rings is 1. The Bertz CT molecular complexity index is 539. The van der Waals surface area contributed by atoms with Crippen LogP contribution in [0.3, 0.4) is 0 Å². The largest absolute Gasteiger partial charge is 0.313 e. The van der Waals surface area contributed by atoms with Crippen molar-refractivity contribution in [1.29, 1.82) is 0 Å². The summed E-state index contributed by atoms with van der Waals surface area (Å²) in [6.45, 7) is 4.14. The van der Waals surface area contributed by atoms with E-state index < -0.39 is 0 Å². The third kappa shape index (κ3) is 4.37. The van der Waals surface area contributed by atoms with Gasteiger partial charge in [-0.1, -0.05) is 40.7 Å². The molecule has 0 atom stereocenters. The fraction of sp³-hybridized carbons (Fsp3) is 0.357. The third-order valence-corrected chi connectivity index (χ3v) is 4.22. The van der Waals surface area contributed by atoms with Crippen molar-refractivity contribution >= 4 is 27.7 Å². The first-order chi connectivity index (χ1) is 9.19. The third-order valence-electron chi connectivity index (χ3n) is 2.68. The summed E-state index contributed by atoms with van der Waals surface area (Å²) in [6.07, 6.45) is 5.09. The van der Waals surface area contributed by atoms with Crippen LogP contribution in [0.15, 0.2) is 44.9 Å². The van der Waals surface area contributed by atoms with E-state index in [2.05, 4.69) is 51.5 Å². The number of rotatable bonds is 6. The first-order valence-electron chi connectivity index (χ1n) is 6.34. The second kappa shape index (κ2) is 7.12. The smallest absolute Gasteiger partial charge is 0.0629 e. The van der Waals surface area contributed by atoms with Gasteiger partial charge in [-0.2, -0.15) is 5.10 Å². The molecule has 3 nitrogen and oxygen atoms in total. The standard InChI is InChI=1S/C14H18BrN3S/c1-3-6-16-8-11-4-5-12(15)7-14(11)19-13-9-17-18(2)10-13/h4-5,7,9-10,16H,3,6,8H2,1-2H3. The van der Waals surface area contributed by atoms with Crippen LogP contribution in [0.4, 0.5) is 0 Å². The van der Waals surface area contributed by atoms with Crippen molar-refractivity contribution in [3.05, 3.63) is 40.6 Å². The molecule has 0 saturated heterocycles. The summed E-state index contributed by atoms with van der Waals surface area (Å²) in [7, 11) is 1.94. The maximum atomic E-state index is 4.21. The summed E-state index contributed by atoms with van der Waals surface area (Å²) in [4.78, 5) is 2.43. The molecule has 0 spiro atoms. The van der Waals surface area contributed by atoms with Crippen molar-refractivity contribution < 1.29 is 0 Å². The van der Waals surface area contributed by atoms with Crippen molar-refractivity contribution in [2.24, 2.45) is 7.05 Å². The molecule has 0 aliphatic heterocycles. The predicted molar refractivity (Wildman–Crippen MR) is 83.5 cm³/mol. The van der Waals surface area contributed by atoms with Crippen LogP contribution in [0.1, 0.15) is 18.9 Å². The summed E-state index contributed by atoms with van der Waals surface area (Å²) in [6, 6.07) is 6.43. The van der Waals surface area contributed by atoms with E-state index in [4.69, 9.17) is 0 Å². The maximum Gasteiger partial charge on any atom is 0.0629 e. The lowest BCUT2D eigenvalue weighted by atomic mass is 10.2. The average Bonchev–Trinajstić information content (AvgIpc) is 2.78. The van der Waals surface area contributed by atoms with E-state index in [1.807, 2.05) is 24.1 Å². The average molecular weight is 340 g/mol. The molecule has 0 bridgehead atoms. The first kappa shape index (κ1) is 14.6. The summed E-state index contributed by atoms with van der Waals surface area (Å²) >= 11 is 5.30. The molecule has 2 rings (SSSR count). The monoisotopic (exact) mass is 339 g/mol. The highest BCUT2D eigenvalue weighted by Gasteiger charge is 2.06. The zero-order chi connectivity index (χ0) is 13.7. The fourth-order valence-corrected chi connectivity index (χ4v) is 3.28. The number of hydrogen-bond acceptors (Lipinski definition) is 3. The summed E-state index contributed by atoms with van der Waals surface area (Å²) in [5, 5.41) is 7.66. The van der Waals surface area contributed by atoms with E-state index in [9.17, 15) is 0 Å². The van der Waals surface area contributed by atoms with Gasteiger partial charge in [0.25, 0.3) is 0 Å². The molecule has 0 aliphatic rings. The summed E-state index contributed by atoms with van der Waals surface area (Å²) in [5.74, 6) is 0. The van der Waals surface area contributed by atoms with Crippen molar-refractivity contribution in [3.63, 3.8) is 0 Å². The van der Waals surface area contributed by atoms with Crippen molar-refractivity contribution in [3.8, 4) is 0 Å². The van der Waals surface area contributed by atoms with Crippen molar-refractivity contribution in [2.45, 2.75) is 29.7 Å². The molecule has 19 heavy (non-hydrogen) atoms. The number of aryl methyl sites for hydroxylation is 1. The van der Waals surface area contributed by atoms with E-state index >= 15 is 0 Å². The van der Waals surface area contributed by atoms with E-state index in [1.165, 1.54) is 10.5 Å². The van der Waals surface area contributed by atoms with Crippen LogP contribution in [0, 0.1) is 0 Å². The Labute approximate surface area is 126 Å². The van der Waals surface area contributed by atoms with Crippen LogP contribution in [0.5, 0.6) is 0 Å². The zero-order valence-electron chi connectivity index (χ0n) is 11.2. The minimum atomic E-state index is 0.906. The van der Waals surface area contributed by atoms with Gasteiger partial charge < -0.3 is 5.32 Å². The van der Waals surface area contributed by atoms with E-state index in [-0.39, 0.29) is 0 Å². The highest BCUT2D eigenvalue weighted by atomic mass is 79.9. The molecule has 2 aromatic rings. The normalized spacial score (nSPS) is 10.9. The second-order valence-electron chi connectivity index (χ2n) is 4.38. The Kier molecular flexibility index (Phi) is 5.48. The molecule has 5 heteroatoms. The van der Waals surface area contributed by atoms with Crippen LogP contribution in [-0.2, 0) is 13.6 Å². The molecule has 1 aromatic carbocycles. The topological polar surface area (TPSA) is 29.9 Å². The Hall–Kier alpha value is -0.780. The molecule has 0 amide bonds. The minimum absolute atomic E-state index is 0.906. The van der Waals surface area contributed by atoms with Gasteiger partial charge in [-0.3, -0.25) is 4.68 Å². The fourth-order valence-electron chi connectivity index (χ4n) is 1.75. The van der Waals surface area contributed by atoms with Crippen molar-refractivity contribution in [1.82, 2.24) is 15.1 Å². The highest BCUT2D eigenvalue weighted by Crippen LogP contribution is 2.32. The summed E-state index contributed by atoms with van der Waals surface area (Å²) < 4.78 is 2.94. The molecule has 0 unspecified atom stereocenters. The van der Waals surface area contributed by atoms with Gasteiger partial charge >= 0.3 is 0 Å². The number of nitrogens with zero attached hydrogens (tertiary/aromatic N) is 2. The molecule has 0 aliphatic carbocycles. The molecule has 0 saturated carbocycles. The van der Waals surface area contributed by atoms with Crippen LogP contribution in [-0.4, -0.2) is 16.3 Å². The lowest BCUT2D eigenvalue weighted by molar-refractivity contribution is 0.669. The second-order valence-corrected chi connectivity index (χ2v) is 6.41. The molecule has 0 fully saturated rings. The SMILES string of the molecule is CCCNCc1ccc(Br)cc1Sc1cnn(C)c1. The Morgan fingerprint density at radius 3 is 2.95 bits per heavy atom. The Morgan fingerprint density at radius 1 is 1.42 bits per heavy atom. The molecule has 1 aromatic heterocycles. The Morgan fingerprint density at radius 2 is 2.26 bits per heavy atom. The van der Waals surface area contributed by atoms with E-state index in [0.29, 0.717) is 0 Å². The van der Waals surface area contributed by atoms with Gasteiger partial charge in [0.1, 0.15) is 0 Å². The van der Waals surface area contributed by atoms with E-state index in [1.54, 1.807) is 11.8 Å². The van der Waals surface area contributed by atoms with Gasteiger partial charge in [-0.15, -0.1) is 0 Å². The van der Waals surface area contributed by atoms with Crippen LogP contribution >= 0.6 is 27.7 Å². The number of hydrogen-bond donors (Lipinski definition) is 1. The van der Waals surface area contributed by atoms with Gasteiger partial charge in [0, 0.05) is 29.2 Å². The predicted octanol–water partition coefficient (Wildman–Crippen LogP) is 3.83. The number of aromatic nitrogens is 2. The first-order valence-corrected chi connectivity index (χ1v) is 7.95. The van der Waals surface area contributed by atoms with Gasteiger partial charge in [0.2, 0.25) is 0 Å². The van der Waals surface area contributed by atoms with Gasteiger partial charge in [0.05, 0.1) is 11.1 Å².